The van der Waals surface area contributed by atoms with Crippen molar-refractivity contribution in [3.8, 4) is 5.75 Å². The number of hydrogen-bond donors (Lipinski definition) is 2. The monoisotopic (exact) mass is 315 g/mol. The molecule has 0 atom stereocenters. The molecule has 0 aliphatic heterocycles. The number of carbonyl (C=O) groups is 1. The van der Waals surface area contributed by atoms with Crippen LogP contribution in [-0.2, 0) is 11.3 Å². The third-order valence-electron chi connectivity index (χ3n) is 3.92. The highest BCUT2D eigenvalue weighted by atomic mass is 16.3. The van der Waals surface area contributed by atoms with Crippen LogP contribution in [0.1, 0.15) is 48.7 Å². The summed E-state index contributed by atoms with van der Waals surface area (Å²) in [7, 11) is 0. The van der Waals surface area contributed by atoms with Gasteiger partial charge in [0.05, 0.1) is 5.69 Å². The quantitative estimate of drug-likeness (QED) is 0.827. The standard InChI is InChI=1S/C18H25N3O2/c1-11(2)15-10-16(12(3)8-17(15)22)19-18(23)6-7-21-14(5)9-13(4)20-21/h8-11,22H,6-7H2,1-5H3,(H,19,23). The molecular formula is C18H25N3O2. The van der Waals surface area contributed by atoms with Crippen LogP contribution < -0.4 is 5.32 Å². The van der Waals surface area contributed by atoms with Gasteiger partial charge in [-0.3, -0.25) is 9.48 Å². The number of aryl methyl sites for hydroxylation is 4. The first kappa shape index (κ1) is 17.1. The molecule has 124 valence electrons. The van der Waals surface area contributed by atoms with Crippen molar-refractivity contribution in [2.75, 3.05) is 5.32 Å². The summed E-state index contributed by atoms with van der Waals surface area (Å²) in [5.41, 5.74) is 4.46. The number of aromatic nitrogens is 2. The first-order chi connectivity index (χ1) is 10.8. The summed E-state index contributed by atoms with van der Waals surface area (Å²) in [6.07, 6.45) is 0.360. The van der Waals surface area contributed by atoms with Crippen molar-refractivity contribution in [3.05, 3.63) is 40.7 Å². The molecule has 0 saturated carbocycles. The van der Waals surface area contributed by atoms with Gasteiger partial charge in [-0.15, -0.1) is 0 Å². The van der Waals surface area contributed by atoms with Crippen molar-refractivity contribution in [1.82, 2.24) is 9.78 Å². The van der Waals surface area contributed by atoms with Crippen molar-refractivity contribution >= 4 is 11.6 Å². The van der Waals surface area contributed by atoms with Crippen molar-refractivity contribution in [1.29, 1.82) is 0 Å². The lowest BCUT2D eigenvalue weighted by atomic mass is 9.99. The van der Waals surface area contributed by atoms with E-state index in [1.54, 1.807) is 6.07 Å². The molecule has 1 heterocycles. The van der Waals surface area contributed by atoms with Crippen LogP contribution in [-0.4, -0.2) is 20.8 Å². The Hall–Kier alpha value is -2.30. The van der Waals surface area contributed by atoms with Crippen LogP contribution in [0.5, 0.6) is 5.75 Å². The average Bonchev–Trinajstić information content (AvgIpc) is 2.77. The van der Waals surface area contributed by atoms with E-state index in [2.05, 4.69) is 10.4 Å². The number of nitrogens with one attached hydrogen (secondary N) is 1. The number of nitrogens with zero attached hydrogens (tertiary/aromatic N) is 2. The average molecular weight is 315 g/mol. The molecule has 0 bridgehead atoms. The summed E-state index contributed by atoms with van der Waals surface area (Å²) >= 11 is 0. The SMILES string of the molecule is Cc1cc(C)n(CCC(=O)Nc2cc(C(C)C)c(O)cc2C)n1. The molecular weight excluding hydrogens is 290 g/mol. The maximum atomic E-state index is 12.2. The zero-order chi connectivity index (χ0) is 17.1. The number of hydrogen-bond acceptors (Lipinski definition) is 3. The molecule has 0 spiro atoms. The van der Waals surface area contributed by atoms with E-state index in [4.69, 9.17) is 0 Å². The fourth-order valence-corrected chi connectivity index (χ4v) is 2.63. The van der Waals surface area contributed by atoms with Crippen LogP contribution in [0.15, 0.2) is 18.2 Å². The number of carbonyl (C=O) groups excluding carboxylic acids is 1. The molecule has 2 N–H and O–H groups in total. The Morgan fingerprint density at radius 2 is 1.96 bits per heavy atom. The number of phenolic OH excluding ortho intramolecular Hbond substituents is 1. The van der Waals surface area contributed by atoms with Crippen molar-refractivity contribution < 1.29 is 9.90 Å². The van der Waals surface area contributed by atoms with E-state index in [1.165, 1.54) is 0 Å². The second-order valence-corrected chi connectivity index (χ2v) is 6.33. The van der Waals surface area contributed by atoms with E-state index in [0.29, 0.717) is 13.0 Å². The summed E-state index contributed by atoms with van der Waals surface area (Å²) in [6.45, 7) is 10.4. The van der Waals surface area contributed by atoms with Gasteiger partial charge >= 0.3 is 0 Å². The number of anilines is 1. The summed E-state index contributed by atoms with van der Waals surface area (Å²) in [5.74, 6) is 0.417. The van der Waals surface area contributed by atoms with Crippen LogP contribution in [0.4, 0.5) is 5.69 Å². The van der Waals surface area contributed by atoms with Gasteiger partial charge < -0.3 is 10.4 Å². The Balaban J connectivity index is 2.05. The van der Waals surface area contributed by atoms with Gasteiger partial charge in [-0.2, -0.15) is 5.10 Å². The number of aromatic hydroxyl groups is 1. The Morgan fingerprint density at radius 3 is 2.52 bits per heavy atom. The lowest BCUT2D eigenvalue weighted by molar-refractivity contribution is -0.116. The second kappa shape index (κ2) is 6.86. The molecule has 2 aromatic rings. The lowest BCUT2D eigenvalue weighted by Crippen LogP contribution is -2.16. The molecule has 0 fully saturated rings. The van der Waals surface area contributed by atoms with Crippen LogP contribution in [0, 0.1) is 20.8 Å². The molecule has 2 rings (SSSR count). The van der Waals surface area contributed by atoms with Gasteiger partial charge in [-0.1, -0.05) is 13.8 Å². The maximum absolute atomic E-state index is 12.2. The van der Waals surface area contributed by atoms with E-state index >= 15 is 0 Å². The van der Waals surface area contributed by atoms with Gasteiger partial charge in [-0.05, 0) is 56.0 Å². The van der Waals surface area contributed by atoms with Gasteiger partial charge in [-0.25, -0.2) is 0 Å². The van der Waals surface area contributed by atoms with Gasteiger partial charge in [0.1, 0.15) is 5.75 Å². The predicted octanol–water partition coefficient (Wildman–Crippen LogP) is 3.67. The van der Waals surface area contributed by atoms with Gasteiger partial charge in [0.2, 0.25) is 5.91 Å². The smallest absolute Gasteiger partial charge is 0.226 e. The summed E-state index contributed by atoms with van der Waals surface area (Å²) < 4.78 is 1.85. The molecule has 0 saturated heterocycles. The highest BCUT2D eigenvalue weighted by Gasteiger charge is 2.12. The number of benzene rings is 1. The minimum absolute atomic E-state index is 0.0546. The molecule has 0 aliphatic rings. The van der Waals surface area contributed by atoms with Crippen LogP contribution in [0.2, 0.25) is 0 Å². The van der Waals surface area contributed by atoms with Gasteiger partial charge in [0.15, 0.2) is 0 Å². The Labute approximate surface area is 137 Å². The molecule has 0 radical (unpaired) electrons. The van der Waals surface area contributed by atoms with E-state index in [9.17, 15) is 9.90 Å². The van der Waals surface area contributed by atoms with Gasteiger partial charge in [0.25, 0.3) is 0 Å². The summed E-state index contributed by atoms with van der Waals surface area (Å²) in [6, 6.07) is 5.55. The van der Waals surface area contributed by atoms with E-state index < -0.39 is 0 Å². The van der Waals surface area contributed by atoms with Crippen LogP contribution >= 0.6 is 0 Å². The van der Waals surface area contributed by atoms with E-state index in [1.807, 2.05) is 51.4 Å². The second-order valence-electron chi connectivity index (χ2n) is 6.33. The topological polar surface area (TPSA) is 67.2 Å². The molecule has 5 nitrogen and oxygen atoms in total. The predicted molar refractivity (Wildman–Crippen MR) is 91.9 cm³/mol. The number of amides is 1. The molecule has 5 heteroatoms. The molecule has 1 aromatic heterocycles. The van der Waals surface area contributed by atoms with E-state index in [0.717, 1.165) is 28.2 Å². The highest BCUT2D eigenvalue weighted by molar-refractivity contribution is 5.91. The largest absolute Gasteiger partial charge is 0.508 e. The number of phenols is 1. The fraction of sp³-hybridized carbons (Fsp3) is 0.444. The molecule has 0 unspecified atom stereocenters. The molecule has 23 heavy (non-hydrogen) atoms. The first-order valence-corrected chi connectivity index (χ1v) is 7.92. The highest BCUT2D eigenvalue weighted by Crippen LogP contribution is 2.31. The Bertz CT molecular complexity index is 717. The third kappa shape index (κ3) is 4.12. The summed E-state index contributed by atoms with van der Waals surface area (Å²) in [5, 5.41) is 17.3. The zero-order valence-electron chi connectivity index (χ0n) is 14.5. The maximum Gasteiger partial charge on any atom is 0.226 e. The van der Waals surface area contributed by atoms with E-state index in [-0.39, 0.29) is 17.6 Å². The van der Waals surface area contributed by atoms with Crippen LogP contribution in [0.3, 0.4) is 0 Å². The van der Waals surface area contributed by atoms with Crippen molar-refractivity contribution in [2.45, 2.75) is 53.5 Å². The third-order valence-corrected chi connectivity index (χ3v) is 3.92. The minimum atomic E-state index is -0.0546. The van der Waals surface area contributed by atoms with Crippen LogP contribution in [0.25, 0.3) is 0 Å². The van der Waals surface area contributed by atoms with Gasteiger partial charge in [0, 0.05) is 24.3 Å². The lowest BCUT2D eigenvalue weighted by Gasteiger charge is -2.14. The zero-order valence-corrected chi connectivity index (χ0v) is 14.5. The summed E-state index contributed by atoms with van der Waals surface area (Å²) in [4.78, 5) is 12.2. The first-order valence-electron chi connectivity index (χ1n) is 7.92. The van der Waals surface area contributed by atoms with Crippen molar-refractivity contribution in [2.24, 2.45) is 0 Å². The normalized spacial score (nSPS) is 11.0. The molecule has 0 aliphatic carbocycles. The molecule has 1 amide bonds. The Kier molecular flexibility index (Phi) is 5.08. The Morgan fingerprint density at radius 1 is 1.26 bits per heavy atom. The minimum Gasteiger partial charge on any atom is -0.508 e. The molecule has 1 aromatic carbocycles. The van der Waals surface area contributed by atoms with Crippen molar-refractivity contribution in [3.63, 3.8) is 0 Å². The number of rotatable bonds is 5. The fourth-order valence-electron chi connectivity index (χ4n) is 2.63.